The standard InChI is InChI=1S/C32H36N6O4/c1-19-23(7-6-8-26(19)37-29(40)20-9-11-21(12-10-20)32(2,3)4)27-18-38(5)31(42)28(36-27)35-22-13-14-24(25(33)17-22)30(41)34-15-16-39/h6-14,17-18,39H,15-16,33H2,1-5H3,(H,34,41)(H,35,36)(H,37,40). The van der Waals surface area contributed by atoms with Gasteiger partial charge in [0.25, 0.3) is 17.4 Å². The number of carbonyl (C=O) groups is 2. The predicted molar refractivity (Wildman–Crippen MR) is 166 cm³/mol. The smallest absolute Gasteiger partial charge is 0.293 e. The first-order valence-electron chi connectivity index (χ1n) is 13.5. The van der Waals surface area contributed by atoms with Crippen LogP contribution in [0.4, 0.5) is 22.9 Å². The third-order valence-corrected chi connectivity index (χ3v) is 6.90. The summed E-state index contributed by atoms with van der Waals surface area (Å²) in [6.07, 6.45) is 1.63. The number of aliphatic hydroxyl groups is 1. The first-order chi connectivity index (χ1) is 19.9. The van der Waals surface area contributed by atoms with Crippen molar-refractivity contribution in [3.8, 4) is 11.3 Å². The third kappa shape index (κ3) is 6.67. The lowest BCUT2D eigenvalue weighted by Crippen LogP contribution is -2.27. The molecule has 0 saturated heterocycles. The number of aromatic nitrogens is 2. The first kappa shape index (κ1) is 30.0. The molecule has 0 unspecified atom stereocenters. The minimum atomic E-state index is -0.409. The molecule has 10 heteroatoms. The summed E-state index contributed by atoms with van der Waals surface area (Å²) < 4.78 is 1.42. The molecule has 6 N–H and O–H groups in total. The van der Waals surface area contributed by atoms with Crippen molar-refractivity contribution in [2.24, 2.45) is 7.05 Å². The van der Waals surface area contributed by atoms with E-state index >= 15 is 0 Å². The molecule has 2 amide bonds. The summed E-state index contributed by atoms with van der Waals surface area (Å²) >= 11 is 0. The first-order valence-corrected chi connectivity index (χ1v) is 13.5. The number of carbonyl (C=O) groups excluding carboxylic acids is 2. The molecule has 0 radical (unpaired) electrons. The topological polar surface area (TPSA) is 151 Å². The second kappa shape index (κ2) is 12.3. The van der Waals surface area contributed by atoms with Crippen molar-refractivity contribution >= 4 is 34.7 Å². The molecular formula is C32H36N6O4. The highest BCUT2D eigenvalue weighted by atomic mass is 16.3. The molecule has 218 valence electrons. The molecule has 4 rings (SSSR count). The van der Waals surface area contributed by atoms with Gasteiger partial charge in [0.2, 0.25) is 0 Å². The van der Waals surface area contributed by atoms with Crippen molar-refractivity contribution in [1.82, 2.24) is 14.9 Å². The molecule has 0 aliphatic heterocycles. The number of amides is 2. The molecule has 3 aromatic carbocycles. The molecule has 42 heavy (non-hydrogen) atoms. The largest absolute Gasteiger partial charge is 0.398 e. The highest BCUT2D eigenvalue weighted by molar-refractivity contribution is 6.05. The number of aliphatic hydroxyl groups excluding tert-OH is 1. The minimum absolute atomic E-state index is 0.0103. The summed E-state index contributed by atoms with van der Waals surface area (Å²) in [6, 6.07) is 17.8. The van der Waals surface area contributed by atoms with Crippen LogP contribution in [0.2, 0.25) is 0 Å². The maximum atomic E-state index is 13.0. The zero-order valence-electron chi connectivity index (χ0n) is 24.4. The van der Waals surface area contributed by atoms with Crippen LogP contribution < -0.4 is 27.2 Å². The van der Waals surface area contributed by atoms with Crippen LogP contribution in [0.25, 0.3) is 11.3 Å². The van der Waals surface area contributed by atoms with Crippen LogP contribution in [-0.4, -0.2) is 39.6 Å². The number of benzene rings is 3. The number of rotatable bonds is 8. The van der Waals surface area contributed by atoms with Crippen LogP contribution >= 0.6 is 0 Å². The summed E-state index contributed by atoms with van der Waals surface area (Å²) in [4.78, 5) is 42.8. The molecule has 0 aliphatic rings. The highest BCUT2D eigenvalue weighted by Crippen LogP contribution is 2.29. The second-order valence-electron chi connectivity index (χ2n) is 11.1. The summed E-state index contributed by atoms with van der Waals surface area (Å²) in [5, 5.41) is 17.5. The van der Waals surface area contributed by atoms with Gasteiger partial charge in [0.1, 0.15) is 0 Å². The number of nitrogens with one attached hydrogen (secondary N) is 3. The fourth-order valence-corrected chi connectivity index (χ4v) is 4.43. The molecule has 0 saturated carbocycles. The van der Waals surface area contributed by atoms with E-state index in [1.165, 1.54) is 16.7 Å². The molecule has 1 heterocycles. The van der Waals surface area contributed by atoms with Crippen LogP contribution in [-0.2, 0) is 12.5 Å². The van der Waals surface area contributed by atoms with Crippen molar-refractivity contribution in [2.45, 2.75) is 33.1 Å². The van der Waals surface area contributed by atoms with Gasteiger partial charge in [-0.15, -0.1) is 0 Å². The van der Waals surface area contributed by atoms with Gasteiger partial charge in [-0.05, 0) is 59.9 Å². The fraction of sp³-hybridized carbons (Fsp3) is 0.250. The Morgan fingerprint density at radius 3 is 2.38 bits per heavy atom. The maximum absolute atomic E-state index is 13.0. The van der Waals surface area contributed by atoms with Crippen molar-refractivity contribution in [3.05, 3.63) is 99.5 Å². The van der Waals surface area contributed by atoms with E-state index in [1.54, 1.807) is 19.3 Å². The molecule has 0 aliphatic carbocycles. The van der Waals surface area contributed by atoms with Crippen LogP contribution in [0.3, 0.4) is 0 Å². The molecule has 4 aromatic rings. The Balaban J connectivity index is 1.59. The van der Waals surface area contributed by atoms with Crippen LogP contribution in [0.15, 0.2) is 71.7 Å². The Morgan fingerprint density at radius 2 is 1.74 bits per heavy atom. The van der Waals surface area contributed by atoms with Crippen LogP contribution in [0.5, 0.6) is 0 Å². The van der Waals surface area contributed by atoms with Gasteiger partial charge in [0.05, 0.1) is 17.9 Å². The third-order valence-electron chi connectivity index (χ3n) is 6.90. The molecular weight excluding hydrogens is 532 g/mol. The Bertz CT molecular complexity index is 1690. The van der Waals surface area contributed by atoms with Gasteiger partial charge in [-0.1, -0.05) is 45.0 Å². The fourth-order valence-electron chi connectivity index (χ4n) is 4.43. The SMILES string of the molecule is Cc1c(NC(=O)c2ccc(C(C)(C)C)cc2)cccc1-c1cn(C)c(=O)c(Nc2ccc(C(=O)NCCO)c(N)c2)n1. The number of aryl methyl sites for hydroxylation is 1. The van der Waals surface area contributed by atoms with Crippen molar-refractivity contribution in [1.29, 1.82) is 0 Å². The molecule has 0 fully saturated rings. The predicted octanol–water partition coefficient (Wildman–Crippen LogP) is 4.35. The van der Waals surface area contributed by atoms with E-state index in [2.05, 4.69) is 41.7 Å². The number of anilines is 4. The minimum Gasteiger partial charge on any atom is -0.398 e. The van der Waals surface area contributed by atoms with Gasteiger partial charge < -0.3 is 31.4 Å². The number of nitrogen functional groups attached to an aromatic ring is 1. The maximum Gasteiger partial charge on any atom is 0.293 e. The Kier molecular flexibility index (Phi) is 8.77. The zero-order valence-corrected chi connectivity index (χ0v) is 24.4. The van der Waals surface area contributed by atoms with Gasteiger partial charge >= 0.3 is 0 Å². The lowest BCUT2D eigenvalue weighted by molar-refractivity contribution is 0.0945. The van der Waals surface area contributed by atoms with Crippen molar-refractivity contribution < 1.29 is 14.7 Å². The van der Waals surface area contributed by atoms with Gasteiger partial charge in [-0.3, -0.25) is 14.4 Å². The van der Waals surface area contributed by atoms with Gasteiger partial charge in [0, 0.05) is 48.0 Å². The van der Waals surface area contributed by atoms with E-state index in [0.717, 1.165) is 16.7 Å². The second-order valence-corrected chi connectivity index (χ2v) is 11.1. The monoisotopic (exact) mass is 568 g/mol. The number of hydrogen-bond donors (Lipinski definition) is 5. The van der Waals surface area contributed by atoms with E-state index in [1.807, 2.05) is 49.4 Å². The van der Waals surface area contributed by atoms with E-state index in [0.29, 0.717) is 22.6 Å². The van der Waals surface area contributed by atoms with E-state index in [9.17, 15) is 14.4 Å². The average Bonchev–Trinajstić information content (AvgIpc) is 2.95. The Labute approximate surface area is 244 Å². The lowest BCUT2D eigenvalue weighted by atomic mass is 9.86. The molecule has 1 aromatic heterocycles. The van der Waals surface area contributed by atoms with E-state index in [4.69, 9.17) is 10.8 Å². The number of nitrogens with two attached hydrogens (primary N) is 1. The van der Waals surface area contributed by atoms with Crippen molar-refractivity contribution in [2.75, 3.05) is 29.5 Å². The van der Waals surface area contributed by atoms with Gasteiger partial charge in [-0.25, -0.2) is 4.98 Å². The van der Waals surface area contributed by atoms with E-state index < -0.39 is 5.91 Å². The summed E-state index contributed by atoms with van der Waals surface area (Å²) in [6.45, 7) is 8.18. The summed E-state index contributed by atoms with van der Waals surface area (Å²) in [5.74, 6) is -0.564. The average molecular weight is 569 g/mol. The highest BCUT2D eigenvalue weighted by Gasteiger charge is 2.17. The quantitative estimate of drug-likeness (QED) is 0.198. The van der Waals surface area contributed by atoms with Crippen LogP contribution in [0.1, 0.15) is 52.6 Å². The number of nitrogens with zero attached hydrogens (tertiary/aromatic N) is 2. The van der Waals surface area contributed by atoms with Gasteiger partial charge in [0.15, 0.2) is 5.82 Å². The molecule has 10 nitrogen and oxygen atoms in total. The molecule has 0 atom stereocenters. The molecule has 0 spiro atoms. The summed E-state index contributed by atoms with van der Waals surface area (Å²) in [5.41, 5.74) is 11.0. The number of hydrogen-bond acceptors (Lipinski definition) is 7. The van der Waals surface area contributed by atoms with Crippen molar-refractivity contribution in [3.63, 3.8) is 0 Å². The Morgan fingerprint density at radius 1 is 1.02 bits per heavy atom. The van der Waals surface area contributed by atoms with Gasteiger partial charge in [-0.2, -0.15) is 0 Å². The zero-order chi connectivity index (χ0) is 30.6. The Hall–Kier alpha value is -4.96. The molecule has 0 bridgehead atoms. The summed E-state index contributed by atoms with van der Waals surface area (Å²) in [7, 11) is 1.63. The van der Waals surface area contributed by atoms with E-state index in [-0.39, 0.29) is 47.1 Å². The normalized spacial score (nSPS) is 11.2. The lowest BCUT2D eigenvalue weighted by Gasteiger charge is -2.19. The van der Waals surface area contributed by atoms with Crippen LogP contribution in [0, 0.1) is 6.92 Å².